The van der Waals surface area contributed by atoms with Crippen molar-refractivity contribution in [3.63, 3.8) is 0 Å². The van der Waals surface area contributed by atoms with Crippen molar-refractivity contribution in [3.05, 3.63) is 23.7 Å². The predicted octanol–water partition coefficient (Wildman–Crippen LogP) is 1.79. The first kappa shape index (κ1) is 12.0. The number of carbonyl (C=O) groups is 1. The van der Waals surface area contributed by atoms with Crippen LogP contribution in [0.15, 0.2) is 12.3 Å². The number of hydrogen-bond donors (Lipinski definition) is 0. The van der Waals surface area contributed by atoms with Crippen LogP contribution in [0.1, 0.15) is 41.9 Å². The molecule has 0 unspecified atom stereocenters. The number of nitrogens with zero attached hydrogens (tertiary/aromatic N) is 3. The molecular formula is C13H15N3O3. The Hall–Kier alpha value is -2.11. The molecule has 1 fully saturated rings. The molecule has 1 aliphatic carbocycles. The van der Waals surface area contributed by atoms with Crippen LogP contribution in [0.25, 0.3) is 5.65 Å². The molecule has 0 spiro atoms. The Morgan fingerprint density at radius 2 is 2.32 bits per heavy atom. The van der Waals surface area contributed by atoms with Gasteiger partial charge in [-0.1, -0.05) is 0 Å². The summed E-state index contributed by atoms with van der Waals surface area (Å²) in [5, 5.41) is 4.49. The second-order valence-corrected chi connectivity index (χ2v) is 4.52. The lowest BCUT2D eigenvalue weighted by Crippen LogP contribution is -2.04. The number of imidazole rings is 1. The van der Waals surface area contributed by atoms with E-state index in [0.29, 0.717) is 18.2 Å². The van der Waals surface area contributed by atoms with E-state index in [9.17, 15) is 4.79 Å². The maximum atomic E-state index is 11.6. The first-order chi connectivity index (χ1) is 9.22. The number of aromatic nitrogens is 3. The molecule has 0 saturated heterocycles. The van der Waals surface area contributed by atoms with Crippen LogP contribution < -0.4 is 4.74 Å². The van der Waals surface area contributed by atoms with Crippen LogP contribution in [0.2, 0.25) is 0 Å². The average Bonchev–Trinajstić information content (AvgIpc) is 3.17. The van der Waals surface area contributed by atoms with Gasteiger partial charge in [-0.3, -0.25) is 0 Å². The first-order valence-corrected chi connectivity index (χ1v) is 6.34. The van der Waals surface area contributed by atoms with Crippen molar-refractivity contribution in [3.8, 4) is 5.75 Å². The molecule has 2 aromatic heterocycles. The lowest BCUT2D eigenvalue weighted by atomic mass is 10.2. The van der Waals surface area contributed by atoms with Gasteiger partial charge >= 0.3 is 5.97 Å². The van der Waals surface area contributed by atoms with Crippen LogP contribution in [-0.2, 0) is 4.74 Å². The minimum Gasteiger partial charge on any atom is -0.495 e. The van der Waals surface area contributed by atoms with E-state index < -0.39 is 5.97 Å². The number of rotatable bonds is 4. The molecule has 6 heteroatoms. The van der Waals surface area contributed by atoms with Crippen molar-refractivity contribution in [2.45, 2.75) is 25.7 Å². The molecular weight excluding hydrogens is 246 g/mol. The van der Waals surface area contributed by atoms with Gasteiger partial charge in [-0.2, -0.15) is 5.10 Å². The fraction of sp³-hybridized carbons (Fsp3) is 0.462. The molecule has 0 N–H and O–H groups in total. The lowest BCUT2D eigenvalue weighted by molar-refractivity contribution is 0.0520. The van der Waals surface area contributed by atoms with E-state index in [-0.39, 0.29) is 5.69 Å². The molecule has 6 nitrogen and oxygen atoms in total. The molecule has 2 aromatic rings. The summed E-state index contributed by atoms with van der Waals surface area (Å²) < 4.78 is 11.9. The van der Waals surface area contributed by atoms with Crippen LogP contribution in [0.3, 0.4) is 0 Å². The maximum absolute atomic E-state index is 11.6. The minimum absolute atomic E-state index is 0.268. The Morgan fingerprint density at radius 1 is 1.53 bits per heavy atom. The van der Waals surface area contributed by atoms with Gasteiger partial charge in [0, 0.05) is 12.0 Å². The molecule has 1 saturated carbocycles. The van der Waals surface area contributed by atoms with Gasteiger partial charge in [-0.15, -0.1) is 0 Å². The van der Waals surface area contributed by atoms with Crippen LogP contribution >= 0.6 is 0 Å². The van der Waals surface area contributed by atoms with Gasteiger partial charge in [0.15, 0.2) is 11.3 Å². The first-order valence-electron chi connectivity index (χ1n) is 6.34. The summed E-state index contributed by atoms with van der Waals surface area (Å²) in [4.78, 5) is 15.8. The maximum Gasteiger partial charge on any atom is 0.358 e. The summed E-state index contributed by atoms with van der Waals surface area (Å²) in [5.74, 6) is 0.767. The van der Waals surface area contributed by atoms with Crippen molar-refractivity contribution in [1.82, 2.24) is 14.6 Å². The third-order valence-corrected chi connectivity index (χ3v) is 3.11. The Morgan fingerprint density at radius 3 is 2.95 bits per heavy atom. The third-order valence-electron chi connectivity index (χ3n) is 3.11. The quantitative estimate of drug-likeness (QED) is 0.785. The molecule has 3 rings (SSSR count). The lowest BCUT2D eigenvalue weighted by Gasteiger charge is -2.06. The molecule has 0 aromatic carbocycles. The zero-order valence-electron chi connectivity index (χ0n) is 10.9. The van der Waals surface area contributed by atoms with E-state index in [1.807, 2.05) is 6.07 Å². The molecule has 1 aliphatic rings. The van der Waals surface area contributed by atoms with E-state index in [2.05, 4.69) is 10.1 Å². The second-order valence-electron chi connectivity index (χ2n) is 4.52. The van der Waals surface area contributed by atoms with Gasteiger partial charge in [0.05, 0.1) is 19.9 Å². The monoisotopic (exact) mass is 261 g/mol. The van der Waals surface area contributed by atoms with Gasteiger partial charge in [-0.05, 0) is 19.8 Å². The summed E-state index contributed by atoms with van der Waals surface area (Å²) in [7, 11) is 1.62. The van der Waals surface area contributed by atoms with Gasteiger partial charge in [-0.25, -0.2) is 14.3 Å². The molecule has 0 amide bonds. The highest BCUT2D eigenvalue weighted by molar-refractivity contribution is 5.87. The van der Waals surface area contributed by atoms with Crippen LogP contribution in [-0.4, -0.2) is 34.3 Å². The molecule has 0 radical (unpaired) electrons. The van der Waals surface area contributed by atoms with Gasteiger partial charge in [0.2, 0.25) is 0 Å². The topological polar surface area (TPSA) is 65.7 Å². The SMILES string of the molecule is CCOC(=O)c1cn2nc(C3CC3)c(OC)cc2n1. The zero-order valence-corrected chi connectivity index (χ0v) is 10.9. The number of methoxy groups -OCH3 is 1. The number of ether oxygens (including phenoxy) is 2. The summed E-state index contributed by atoms with van der Waals surface area (Å²) in [6.07, 6.45) is 3.86. The van der Waals surface area contributed by atoms with E-state index in [1.165, 1.54) is 0 Å². The highest BCUT2D eigenvalue weighted by atomic mass is 16.5. The summed E-state index contributed by atoms with van der Waals surface area (Å²) >= 11 is 0. The number of hydrogen-bond acceptors (Lipinski definition) is 5. The number of carbonyl (C=O) groups excluding carboxylic acids is 1. The van der Waals surface area contributed by atoms with E-state index in [0.717, 1.165) is 24.3 Å². The molecule has 0 bridgehead atoms. The normalized spacial score (nSPS) is 14.6. The van der Waals surface area contributed by atoms with Gasteiger partial charge in [0.25, 0.3) is 0 Å². The van der Waals surface area contributed by atoms with E-state index >= 15 is 0 Å². The van der Waals surface area contributed by atoms with Crippen LogP contribution in [0, 0.1) is 0 Å². The highest BCUT2D eigenvalue weighted by Gasteiger charge is 2.29. The zero-order chi connectivity index (χ0) is 13.4. The van der Waals surface area contributed by atoms with Crippen molar-refractivity contribution >= 4 is 11.6 Å². The summed E-state index contributed by atoms with van der Waals surface area (Å²) in [5.41, 5.74) is 1.79. The fourth-order valence-corrected chi connectivity index (χ4v) is 2.03. The number of fused-ring (bicyclic) bond motifs is 1. The Kier molecular flexibility index (Phi) is 2.85. The van der Waals surface area contributed by atoms with Crippen molar-refractivity contribution in [1.29, 1.82) is 0 Å². The summed E-state index contributed by atoms with van der Waals surface area (Å²) in [6, 6.07) is 1.81. The largest absolute Gasteiger partial charge is 0.495 e. The van der Waals surface area contributed by atoms with Crippen molar-refractivity contribution < 1.29 is 14.3 Å². The van der Waals surface area contributed by atoms with Gasteiger partial charge < -0.3 is 9.47 Å². The van der Waals surface area contributed by atoms with E-state index in [1.54, 1.807) is 24.7 Å². The molecule has 2 heterocycles. The fourth-order valence-electron chi connectivity index (χ4n) is 2.03. The highest BCUT2D eigenvalue weighted by Crippen LogP contribution is 2.43. The molecule has 0 atom stereocenters. The average molecular weight is 261 g/mol. The molecule has 19 heavy (non-hydrogen) atoms. The van der Waals surface area contributed by atoms with E-state index in [4.69, 9.17) is 9.47 Å². The standard InChI is InChI=1S/C13H15N3O3/c1-3-19-13(17)9-7-16-11(14-9)6-10(18-2)12(15-16)8-4-5-8/h6-8H,3-5H2,1-2H3. The Labute approximate surface area is 110 Å². The molecule has 100 valence electrons. The van der Waals surface area contributed by atoms with Crippen LogP contribution in [0.4, 0.5) is 0 Å². The second kappa shape index (κ2) is 4.53. The number of esters is 1. The third kappa shape index (κ3) is 2.14. The predicted molar refractivity (Wildman–Crippen MR) is 67.5 cm³/mol. The van der Waals surface area contributed by atoms with Crippen LogP contribution in [0.5, 0.6) is 5.75 Å². The minimum atomic E-state index is -0.431. The van der Waals surface area contributed by atoms with Crippen molar-refractivity contribution in [2.75, 3.05) is 13.7 Å². The Bertz CT molecular complexity index is 631. The smallest absolute Gasteiger partial charge is 0.358 e. The van der Waals surface area contributed by atoms with Gasteiger partial charge in [0.1, 0.15) is 11.4 Å². The van der Waals surface area contributed by atoms with Crippen molar-refractivity contribution in [2.24, 2.45) is 0 Å². The summed E-state index contributed by atoms with van der Waals surface area (Å²) in [6.45, 7) is 2.09. The molecule has 0 aliphatic heterocycles. The Balaban J connectivity index is 2.04.